The minimum Gasteiger partial charge on any atom is -0.381 e. The van der Waals surface area contributed by atoms with Crippen LogP contribution in [-0.2, 0) is 0 Å². The van der Waals surface area contributed by atoms with Gasteiger partial charge in [-0.25, -0.2) is 4.39 Å². The predicted octanol–water partition coefficient (Wildman–Crippen LogP) is 3.37. The van der Waals surface area contributed by atoms with E-state index < -0.39 is 0 Å². The lowest BCUT2D eigenvalue weighted by atomic mass is 9.98. The van der Waals surface area contributed by atoms with Gasteiger partial charge in [0.25, 0.3) is 0 Å². The molecule has 1 aromatic carbocycles. The van der Waals surface area contributed by atoms with Gasteiger partial charge < -0.3 is 10.2 Å². The number of halogens is 2. The van der Waals surface area contributed by atoms with Crippen LogP contribution in [0, 0.1) is 5.82 Å². The smallest absolute Gasteiger partial charge is 0.125 e. The zero-order valence-corrected chi connectivity index (χ0v) is 11.0. The molecule has 4 heteroatoms. The first-order valence-corrected chi connectivity index (χ1v) is 6.36. The molecule has 2 rings (SSSR count). The fourth-order valence-corrected chi connectivity index (χ4v) is 2.42. The third-order valence-electron chi connectivity index (χ3n) is 3.50. The van der Waals surface area contributed by atoms with E-state index >= 15 is 0 Å². The first-order chi connectivity index (χ1) is 8.06. The first-order valence-electron chi connectivity index (χ1n) is 5.98. The minimum atomic E-state index is -0.252. The average molecular weight is 257 g/mol. The van der Waals surface area contributed by atoms with Crippen molar-refractivity contribution in [1.29, 1.82) is 0 Å². The van der Waals surface area contributed by atoms with E-state index in [0.29, 0.717) is 22.8 Å². The topological polar surface area (TPSA) is 15.3 Å². The predicted molar refractivity (Wildman–Crippen MR) is 70.1 cm³/mol. The lowest BCUT2D eigenvalue weighted by Crippen LogP contribution is -2.42. The molecule has 2 nitrogen and oxygen atoms in total. The Hall–Kier alpha value is -0.800. The maximum Gasteiger partial charge on any atom is 0.125 e. The molecule has 2 atom stereocenters. The molecular weight excluding hydrogens is 239 g/mol. The minimum absolute atomic E-state index is 0.252. The van der Waals surface area contributed by atoms with Crippen molar-refractivity contribution >= 4 is 17.3 Å². The number of hydrogen-bond donors (Lipinski definition) is 1. The number of hydrogen-bond acceptors (Lipinski definition) is 2. The van der Waals surface area contributed by atoms with Gasteiger partial charge in [0.2, 0.25) is 0 Å². The van der Waals surface area contributed by atoms with Crippen LogP contribution in [0.15, 0.2) is 18.2 Å². The number of benzene rings is 1. The van der Waals surface area contributed by atoms with Gasteiger partial charge in [-0.05, 0) is 45.0 Å². The summed E-state index contributed by atoms with van der Waals surface area (Å²) >= 11 is 6.04. The molecule has 0 amide bonds. The van der Waals surface area contributed by atoms with Crippen molar-refractivity contribution in [3.63, 3.8) is 0 Å². The number of nitrogens with zero attached hydrogens (tertiary/aromatic N) is 1. The van der Waals surface area contributed by atoms with Crippen molar-refractivity contribution in [3.8, 4) is 0 Å². The van der Waals surface area contributed by atoms with Gasteiger partial charge in [0, 0.05) is 18.6 Å². The number of piperidine rings is 1. The van der Waals surface area contributed by atoms with Crippen LogP contribution >= 0.6 is 11.6 Å². The molecule has 17 heavy (non-hydrogen) atoms. The van der Waals surface area contributed by atoms with Gasteiger partial charge in [0.05, 0.1) is 10.7 Å². The molecular formula is C13H18ClFN2. The summed E-state index contributed by atoms with van der Waals surface area (Å²) in [5.41, 5.74) is 0.702. The van der Waals surface area contributed by atoms with Crippen LogP contribution in [0.3, 0.4) is 0 Å². The van der Waals surface area contributed by atoms with E-state index in [0.717, 1.165) is 19.4 Å². The Bertz CT molecular complexity index is 397. The zero-order chi connectivity index (χ0) is 12.4. The Balaban J connectivity index is 2.03. The maximum absolute atomic E-state index is 13.1. The van der Waals surface area contributed by atoms with Crippen LogP contribution in [0.4, 0.5) is 10.1 Å². The number of likely N-dealkylation sites (tertiary alicyclic amines) is 1. The molecule has 1 N–H and O–H groups in total. The highest BCUT2D eigenvalue weighted by atomic mass is 35.5. The summed E-state index contributed by atoms with van der Waals surface area (Å²) in [7, 11) is 2.13. The van der Waals surface area contributed by atoms with E-state index in [-0.39, 0.29) is 5.82 Å². The summed E-state index contributed by atoms with van der Waals surface area (Å²) in [5.74, 6) is -0.252. The number of nitrogens with one attached hydrogen (secondary N) is 1. The van der Waals surface area contributed by atoms with Crippen LogP contribution < -0.4 is 5.32 Å². The molecule has 1 aliphatic heterocycles. The number of anilines is 1. The van der Waals surface area contributed by atoms with E-state index in [1.54, 1.807) is 6.07 Å². The molecule has 0 aromatic heterocycles. The second-order valence-electron chi connectivity index (χ2n) is 4.82. The van der Waals surface area contributed by atoms with Crippen molar-refractivity contribution < 1.29 is 4.39 Å². The lowest BCUT2D eigenvalue weighted by molar-refractivity contribution is 0.190. The molecule has 0 aliphatic carbocycles. The van der Waals surface area contributed by atoms with Gasteiger partial charge in [-0.2, -0.15) is 0 Å². The summed E-state index contributed by atoms with van der Waals surface area (Å²) in [6.07, 6.45) is 2.12. The Morgan fingerprint density at radius 1 is 1.47 bits per heavy atom. The highest BCUT2D eigenvalue weighted by Crippen LogP contribution is 2.26. The van der Waals surface area contributed by atoms with Crippen LogP contribution in [0.25, 0.3) is 0 Å². The van der Waals surface area contributed by atoms with E-state index in [2.05, 4.69) is 24.2 Å². The molecule has 0 spiro atoms. The number of rotatable bonds is 2. The van der Waals surface area contributed by atoms with E-state index in [1.807, 2.05) is 0 Å². The molecule has 1 heterocycles. The maximum atomic E-state index is 13.1. The van der Waals surface area contributed by atoms with Gasteiger partial charge in [0.1, 0.15) is 5.82 Å². The van der Waals surface area contributed by atoms with Gasteiger partial charge in [-0.3, -0.25) is 0 Å². The molecule has 0 radical (unpaired) electrons. The standard InChI is InChI=1S/C13H18ClFN2/c1-9-7-11(5-6-17(9)2)16-13-8-10(15)3-4-12(13)14/h3-4,8-9,11,16H,5-7H2,1-2H3. The third-order valence-corrected chi connectivity index (χ3v) is 3.83. The van der Waals surface area contributed by atoms with Crippen molar-refractivity contribution in [1.82, 2.24) is 4.90 Å². The van der Waals surface area contributed by atoms with Crippen LogP contribution in [-0.4, -0.2) is 30.6 Å². The Morgan fingerprint density at radius 2 is 2.24 bits per heavy atom. The summed E-state index contributed by atoms with van der Waals surface area (Å²) in [4.78, 5) is 2.34. The molecule has 0 saturated carbocycles. The van der Waals surface area contributed by atoms with Crippen LogP contribution in [0.5, 0.6) is 0 Å². The highest BCUT2D eigenvalue weighted by molar-refractivity contribution is 6.33. The normalized spacial score (nSPS) is 25.9. The van der Waals surface area contributed by atoms with Gasteiger partial charge >= 0.3 is 0 Å². The largest absolute Gasteiger partial charge is 0.381 e. The van der Waals surface area contributed by atoms with Gasteiger partial charge in [-0.15, -0.1) is 0 Å². The SMILES string of the molecule is CC1CC(Nc2cc(F)ccc2Cl)CCN1C. The zero-order valence-electron chi connectivity index (χ0n) is 10.2. The first kappa shape index (κ1) is 12.7. The molecule has 1 aromatic rings. The average Bonchev–Trinajstić information content (AvgIpc) is 2.29. The molecule has 1 fully saturated rings. The second-order valence-corrected chi connectivity index (χ2v) is 5.23. The Labute approximate surface area is 107 Å². The fraction of sp³-hybridized carbons (Fsp3) is 0.538. The molecule has 94 valence electrons. The summed E-state index contributed by atoms with van der Waals surface area (Å²) in [5, 5.41) is 3.92. The molecule has 1 saturated heterocycles. The third kappa shape index (κ3) is 3.11. The van der Waals surface area contributed by atoms with Crippen molar-refractivity contribution in [2.45, 2.75) is 31.8 Å². The fourth-order valence-electron chi connectivity index (χ4n) is 2.25. The lowest BCUT2D eigenvalue weighted by Gasteiger charge is -2.35. The van der Waals surface area contributed by atoms with Crippen LogP contribution in [0.1, 0.15) is 19.8 Å². The van der Waals surface area contributed by atoms with Crippen molar-refractivity contribution in [2.75, 3.05) is 18.9 Å². The second kappa shape index (κ2) is 5.23. The molecule has 2 unspecified atom stereocenters. The van der Waals surface area contributed by atoms with E-state index in [1.165, 1.54) is 12.1 Å². The molecule has 1 aliphatic rings. The van der Waals surface area contributed by atoms with Crippen molar-refractivity contribution in [3.05, 3.63) is 29.0 Å². The van der Waals surface area contributed by atoms with Gasteiger partial charge in [-0.1, -0.05) is 11.6 Å². The van der Waals surface area contributed by atoms with E-state index in [4.69, 9.17) is 11.6 Å². The van der Waals surface area contributed by atoms with Crippen molar-refractivity contribution in [2.24, 2.45) is 0 Å². The summed E-state index contributed by atoms with van der Waals surface area (Å²) in [6.45, 7) is 3.27. The van der Waals surface area contributed by atoms with E-state index in [9.17, 15) is 4.39 Å². The van der Waals surface area contributed by atoms with Crippen LogP contribution in [0.2, 0.25) is 5.02 Å². The molecule has 0 bridgehead atoms. The summed E-state index contributed by atoms with van der Waals surface area (Å²) in [6, 6.07) is 5.36. The quantitative estimate of drug-likeness (QED) is 0.873. The Morgan fingerprint density at radius 3 is 2.94 bits per heavy atom. The monoisotopic (exact) mass is 256 g/mol. The van der Waals surface area contributed by atoms with Gasteiger partial charge in [0.15, 0.2) is 0 Å². The summed E-state index contributed by atoms with van der Waals surface area (Å²) < 4.78 is 13.1. The Kier molecular flexibility index (Phi) is 3.89. The highest BCUT2D eigenvalue weighted by Gasteiger charge is 2.22.